The highest BCUT2D eigenvalue weighted by Crippen LogP contribution is 2.32. The molecule has 6 nitrogen and oxygen atoms in total. The smallest absolute Gasteiger partial charge is 0.355 e. The molecule has 1 unspecified atom stereocenters. The Morgan fingerprint density at radius 1 is 1.13 bits per heavy atom. The van der Waals surface area contributed by atoms with Gasteiger partial charge in [0, 0.05) is 29.9 Å². The molecule has 0 saturated heterocycles. The number of nitrogens with zero attached hydrogens (tertiary/aromatic N) is 2. The highest BCUT2D eigenvalue weighted by molar-refractivity contribution is 6.07. The van der Waals surface area contributed by atoms with Crippen LogP contribution in [0.1, 0.15) is 74.7 Å². The molecule has 6 heteroatoms. The van der Waals surface area contributed by atoms with Crippen LogP contribution in [0.5, 0.6) is 0 Å². The van der Waals surface area contributed by atoms with Crippen LogP contribution >= 0.6 is 0 Å². The molecule has 1 aromatic carbocycles. The molecule has 160 valence electrons. The van der Waals surface area contributed by atoms with Crippen molar-refractivity contribution in [1.29, 1.82) is 0 Å². The Bertz CT molecular complexity index is 984. The van der Waals surface area contributed by atoms with E-state index in [1.165, 1.54) is 0 Å². The van der Waals surface area contributed by atoms with E-state index in [2.05, 4.69) is 0 Å². The second-order valence-corrected chi connectivity index (χ2v) is 8.06. The standard InChI is InChI=1S/C24H30N2O4/c1-7-30-24(29)21-15(3)20(16(4)25(21)6)22(27)17(5)26(19-12-13-19)23(28)18-10-8-14(2)9-11-18/h8-11,17,19H,7,12-13H2,1-6H3. The van der Waals surface area contributed by atoms with Gasteiger partial charge in [-0.1, -0.05) is 17.7 Å². The maximum atomic E-state index is 13.5. The minimum absolute atomic E-state index is 0.0756. The molecule has 1 saturated carbocycles. The molecule has 3 rings (SSSR count). The quantitative estimate of drug-likeness (QED) is 0.511. The minimum atomic E-state index is -0.624. The number of aromatic nitrogens is 1. The van der Waals surface area contributed by atoms with Crippen LogP contribution in [-0.4, -0.2) is 45.8 Å². The van der Waals surface area contributed by atoms with Crippen molar-refractivity contribution in [2.45, 2.75) is 59.5 Å². The number of benzene rings is 1. The molecule has 1 heterocycles. The molecule has 1 aliphatic rings. The van der Waals surface area contributed by atoms with Gasteiger partial charge in [0.05, 0.1) is 12.6 Å². The van der Waals surface area contributed by atoms with Crippen LogP contribution in [0, 0.1) is 20.8 Å². The number of carbonyl (C=O) groups is 3. The van der Waals surface area contributed by atoms with E-state index in [1.807, 2.05) is 38.1 Å². The van der Waals surface area contributed by atoms with E-state index >= 15 is 0 Å². The topological polar surface area (TPSA) is 68.6 Å². The monoisotopic (exact) mass is 410 g/mol. The fourth-order valence-corrected chi connectivity index (χ4v) is 4.02. The van der Waals surface area contributed by atoms with Gasteiger partial charge in [-0.25, -0.2) is 4.79 Å². The van der Waals surface area contributed by atoms with Gasteiger partial charge in [0.15, 0.2) is 5.78 Å². The highest BCUT2D eigenvalue weighted by Gasteiger charge is 2.40. The first kappa shape index (κ1) is 21.8. The summed E-state index contributed by atoms with van der Waals surface area (Å²) in [5.74, 6) is -0.721. The van der Waals surface area contributed by atoms with Crippen molar-refractivity contribution in [3.8, 4) is 0 Å². The number of hydrogen-bond donors (Lipinski definition) is 0. The summed E-state index contributed by atoms with van der Waals surface area (Å²) < 4.78 is 6.87. The second-order valence-electron chi connectivity index (χ2n) is 8.06. The Morgan fingerprint density at radius 2 is 1.73 bits per heavy atom. The predicted molar refractivity (Wildman–Crippen MR) is 115 cm³/mol. The molecule has 0 bridgehead atoms. The van der Waals surface area contributed by atoms with Gasteiger partial charge < -0.3 is 14.2 Å². The Morgan fingerprint density at radius 3 is 2.27 bits per heavy atom. The van der Waals surface area contributed by atoms with Gasteiger partial charge in [0.25, 0.3) is 5.91 Å². The summed E-state index contributed by atoms with van der Waals surface area (Å²) >= 11 is 0. The van der Waals surface area contributed by atoms with Gasteiger partial charge in [-0.3, -0.25) is 9.59 Å². The van der Waals surface area contributed by atoms with Crippen molar-refractivity contribution in [2.75, 3.05) is 6.61 Å². The highest BCUT2D eigenvalue weighted by atomic mass is 16.5. The van der Waals surface area contributed by atoms with E-state index in [-0.39, 0.29) is 24.3 Å². The van der Waals surface area contributed by atoms with Crippen LogP contribution < -0.4 is 0 Å². The molecule has 1 amide bonds. The van der Waals surface area contributed by atoms with Gasteiger partial charge in [-0.2, -0.15) is 0 Å². The fraction of sp³-hybridized carbons (Fsp3) is 0.458. The van der Waals surface area contributed by atoms with Crippen LogP contribution in [0.25, 0.3) is 0 Å². The zero-order chi connectivity index (χ0) is 22.2. The lowest BCUT2D eigenvalue weighted by Crippen LogP contribution is -2.45. The summed E-state index contributed by atoms with van der Waals surface area (Å²) in [6.45, 7) is 9.36. The molecular weight excluding hydrogens is 380 g/mol. The summed E-state index contributed by atoms with van der Waals surface area (Å²) in [7, 11) is 1.76. The van der Waals surface area contributed by atoms with E-state index in [0.717, 1.165) is 18.4 Å². The lowest BCUT2D eigenvalue weighted by Gasteiger charge is -2.29. The van der Waals surface area contributed by atoms with E-state index in [1.54, 1.807) is 37.3 Å². The summed E-state index contributed by atoms with van der Waals surface area (Å²) in [5, 5.41) is 0. The van der Waals surface area contributed by atoms with Gasteiger partial charge in [-0.15, -0.1) is 0 Å². The van der Waals surface area contributed by atoms with Crippen molar-refractivity contribution < 1.29 is 19.1 Å². The van der Waals surface area contributed by atoms with Crippen molar-refractivity contribution >= 4 is 17.7 Å². The zero-order valence-electron chi connectivity index (χ0n) is 18.6. The average Bonchev–Trinajstić information content (AvgIpc) is 3.50. The van der Waals surface area contributed by atoms with Gasteiger partial charge >= 0.3 is 5.97 Å². The maximum absolute atomic E-state index is 13.5. The van der Waals surface area contributed by atoms with Gasteiger partial charge in [-0.05, 0) is 65.2 Å². The number of amides is 1. The van der Waals surface area contributed by atoms with Gasteiger partial charge in [0.2, 0.25) is 0 Å². The Balaban J connectivity index is 1.95. The number of rotatable bonds is 7. The van der Waals surface area contributed by atoms with Gasteiger partial charge in [0.1, 0.15) is 5.69 Å². The summed E-state index contributed by atoms with van der Waals surface area (Å²) in [6.07, 6.45) is 1.80. The summed E-state index contributed by atoms with van der Waals surface area (Å²) in [4.78, 5) is 40.9. The molecule has 30 heavy (non-hydrogen) atoms. The molecule has 1 aliphatic carbocycles. The van der Waals surface area contributed by atoms with Crippen LogP contribution in [0.15, 0.2) is 24.3 Å². The molecular formula is C24H30N2O4. The average molecular weight is 411 g/mol. The first-order valence-corrected chi connectivity index (χ1v) is 10.5. The summed E-state index contributed by atoms with van der Waals surface area (Å²) in [6, 6.07) is 6.88. The molecule has 1 atom stereocenters. The normalized spacial score (nSPS) is 14.3. The second kappa shape index (κ2) is 8.46. The maximum Gasteiger partial charge on any atom is 0.355 e. The Kier molecular flexibility index (Phi) is 6.15. The van der Waals surface area contributed by atoms with E-state index < -0.39 is 12.0 Å². The van der Waals surface area contributed by atoms with E-state index in [4.69, 9.17) is 4.74 Å². The largest absolute Gasteiger partial charge is 0.461 e. The molecule has 0 N–H and O–H groups in total. The minimum Gasteiger partial charge on any atom is -0.461 e. The van der Waals surface area contributed by atoms with Crippen molar-refractivity contribution in [3.63, 3.8) is 0 Å². The van der Waals surface area contributed by atoms with Crippen molar-refractivity contribution in [2.24, 2.45) is 7.05 Å². The lowest BCUT2D eigenvalue weighted by atomic mass is 9.99. The van der Waals surface area contributed by atoms with E-state index in [9.17, 15) is 14.4 Å². The first-order valence-electron chi connectivity index (χ1n) is 10.5. The third kappa shape index (κ3) is 3.91. The SMILES string of the molecule is CCOC(=O)c1c(C)c(C(=O)C(C)N(C(=O)c2ccc(C)cc2)C2CC2)c(C)n1C. The molecule has 2 aromatic rings. The number of aryl methyl sites for hydroxylation is 1. The van der Waals surface area contributed by atoms with Crippen LogP contribution in [-0.2, 0) is 11.8 Å². The Hall–Kier alpha value is -2.89. The number of ketones is 1. The van der Waals surface area contributed by atoms with Crippen molar-refractivity contribution in [1.82, 2.24) is 9.47 Å². The number of hydrogen-bond acceptors (Lipinski definition) is 4. The predicted octanol–water partition coefficient (Wildman–Crippen LogP) is 4.00. The van der Waals surface area contributed by atoms with Crippen molar-refractivity contribution in [3.05, 3.63) is 57.9 Å². The summed E-state index contributed by atoms with van der Waals surface area (Å²) in [5.41, 5.74) is 3.84. The molecule has 0 aliphatic heterocycles. The third-order valence-corrected chi connectivity index (χ3v) is 5.92. The third-order valence-electron chi connectivity index (χ3n) is 5.92. The van der Waals surface area contributed by atoms with E-state index in [0.29, 0.717) is 28.1 Å². The number of ether oxygens (including phenoxy) is 1. The first-order chi connectivity index (χ1) is 14.2. The number of esters is 1. The molecule has 1 aromatic heterocycles. The molecule has 1 fully saturated rings. The van der Waals surface area contributed by atoms with Crippen LogP contribution in [0.3, 0.4) is 0 Å². The molecule has 0 radical (unpaired) electrons. The Labute approximate surface area is 177 Å². The number of carbonyl (C=O) groups excluding carboxylic acids is 3. The number of Topliss-reactive ketones (excluding diaryl/α,β-unsaturated/α-hetero) is 1. The lowest BCUT2D eigenvalue weighted by molar-refractivity contribution is 0.0513. The zero-order valence-corrected chi connectivity index (χ0v) is 18.6. The fourth-order valence-electron chi connectivity index (χ4n) is 4.02. The van der Waals surface area contributed by atoms with Crippen LogP contribution in [0.2, 0.25) is 0 Å². The van der Waals surface area contributed by atoms with Crippen LogP contribution in [0.4, 0.5) is 0 Å². The molecule has 0 spiro atoms.